The first-order valence-electron chi connectivity index (χ1n) is 11.5. The molecule has 2 aromatic rings. The van der Waals surface area contributed by atoms with E-state index in [2.05, 4.69) is 23.9 Å². The number of carbonyl (C=O) groups excluding carboxylic acids is 2. The van der Waals surface area contributed by atoms with Gasteiger partial charge in [-0.2, -0.15) is 0 Å². The molecule has 1 fully saturated rings. The van der Waals surface area contributed by atoms with E-state index in [4.69, 9.17) is 4.74 Å². The topological polar surface area (TPSA) is 105 Å². The molecule has 8 nitrogen and oxygen atoms in total. The van der Waals surface area contributed by atoms with Crippen molar-refractivity contribution in [2.45, 2.75) is 38.0 Å². The molecule has 0 spiro atoms. The Hall–Kier alpha value is -3.07. The summed E-state index contributed by atoms with van der Waals surface area (Å²) in [6.07, 6.45) is 2.47. The Kier molecular flexibility index (Phi) is 8.55. The molecule has 1 aliphatic heterocycles. The van der Waals surface area contributed by atoms with Gasteiger partial charge in [0, 0.05) is 30.9 Å². The predicted molar refractivity (Wildman–Crippen MR) is 131 cm³/mol. The lowest BCUT2D eigenvalue weighted by molar-refractivity contribution is -0.126. The number of hydrogen-bond acceptors (Lipinski definition) is 5. The fourth-order valence-electron chi connectivity index (χ4n) is 3.84. The zero-order valence-corrected chi connectivity index (χ0v) is 20.7. The molecule has 0 aliphatic carbocycles. The van der Waals surface area contributed by atoms with Crippen molar-refractivity contribution in [3.8, 4) is 5.75 Å². The largest absolute Gasteiger partial charge is 0.497 e. The fraction of sp³-hybridized carbons (Fsp3) is 0.440. The third-order valence-electron chi connectivity index (χ3n) is 5.85. The molecule has 0 radical (unpaired) electrons. The van der Waals surface area contributed by atoms with Gasteiger partial charge in [-0.25, -0.2) is 8.42 Å². The Bertz CT molecular complexity index is 1080. The second-order valence-corrected chi connectivity index (χ2v) is 10.6. The summed E-state index contributed by atoms with van der Waals surface area (Å²) in [5, 5.41) is 2.98. The van der Waals surface area contributed by atoms with E-state index in [9.17, 15) is 18.0 Å². The smallest absolute Gasteiger partial charge is 0.261 e. The van der Waals surface area contributed by atoms with Crippen LogP contribution >= 0.6 is 0 Å². The van der Waals surface area contributed by atoms with E-state index in [-0.39, 0.29) is 22.6 Å². The summed E-state index contributed by atoms with van der Waals surface area (Å²) in [6.45, 7) is 5.86. The molecule has 1 aliphatic rings. The van der Waals surface area contributed by atoms with Gasteiger partial charge in [0.25, 0.3) is 15.9 Å². The number of methoxy groups -OCH3 is 1. The number of ether oxygens (including phenoxy) is 1. The number of carbonyl (C=O) groups is 2. The minimum absolute atomic E-state index is 0.00133. The highest BCUT2D eigenvalue weighted by atomic mass is 32.2. The number of anilines is 1. The van der Waals surface area contributed by atoms with Gasteiger partial charge in [0.15, 0.2) is 0 Å². The number of hydrogen-bond donors (Lipinski definition) is 2. The molecule has 0 bridgehead atoms. The zero-order valence-electron chi connectivity index (χ0n) is 19.9. The standard InChI is InChI=1S/C25H33N3O5S/c1-18(2)14-15-26-24(29)20-5-4-16-28(17-20)25(30)19-6-8-21(9-7-19)27-34(31,32)23-12-10-22(33-3)11-13-23/h6-13,18,20,27H,4-5,14-17H2,1-3H3,(H,26,29)/t20-/m0/s1. The number of nitrogens with one attached hydrogen (secondary N) is 2. The number of amides is 2. The first-order chi connectivity index (χ1) is 16.2. The fourth-order valence-corrected chi connectivity index (χ4v) is 4.89. The van der Waals surface area contributed by atoms with Crippen LogP contribution in [0.1, 0.15) is 43.5 Å². The highest BCUT2D eigenvalue weighted by Gasteiger charge is 2.28. The van der Waals surface area contributed by atoms with Crippen molar-refractivity contribution >= 4 is 27.5 Å². The van der Waals surface area contributed by atoms with Gasteiger partial charge in [0.1, 0.15) is 5.75 Å². The van der Waals surface area contributed by atoms with Gasteiger partial charge in [-0.05, 0) is 73.7 Å². The lowest BCUT2D eigenvalue weighted by Crippen LogP contribution is -2.45. The van der Waals surface area contributed by atoms with Gasteiger partial charge < -0.3 is 15.0 Å². The van der Waals surface area contributed by atoms with E-state index in [1.54, 1.807) is 41.3 Å². The normalized spacial score (nSPS) is 16.2. The Morgan fingerprint density at radius 2 is 1.76 bits per heavy atom. The SMILES string of the molecule is COc1ccc(S(=O)(=O)Nc2ccc(C(=O)N3CCC[C@H](C(=O)NCCC(C)C)C3)cc2)cc1. The Morgan fingerprint density at radius 3 is 2.38 bits per heavy atom. The third kappa shape index (κ3) is 6.72. The molecular formula is C25H33N3O5S. The molecule has 34 heavy (non-hydrogen) atoms. The molecule has 184 valence electrons. The van der Waals surface area contributed by atoms with E-state index >= 15 is 0 Å². The molecule has 0 unspecified atom stereocenters. The average Bonchev–Trinajstić information content (AvgIpc) is 2.83. The first-order valence-corrected chi connectivity index (χ1v) is 13.0. The molecular weight excluding hydrogens is 454 g/mol. The predicted octanol–water partition coefficient (Wildman–Crippen LogP) is 3.51. The van der Waals surface area contributed by atoms with Crippen LogP contribution in [0.5, 0.6) is 5.75 Å². The lowest BCUT2D eigenvalue weighted by atomic mass is 9.96. The summed E-state index contributed by atoms with van der Waals surface area (Å²) < 4.78 is 32.8. The van der Waals surface area contributed by atoms with Crippen molar-refractivity contribution in [3.63, 3.8) is 0 Å². The maximum absolute atomic E-state index is 13.0. The number of piperidine rings is 1. The molecule has 2 aromatic carbocycles. The van der Waals surface area contributed by atoms with Crippen LogP contribution in [-0.4, -0.2) is 51.9 Å². The van der Waals surface area contributed by atoms with Gasteiger partial charge in [0.05, 0.1) is 17.9 Å². The van der Waals surface area contributed by atoms with E-state index in [0.717, 1.165) is 19.3 Å². The summed E-state index contributed by atoms with van der Waals surface area (Å²) in [5.41, 5.74) is 0.807. The van der Waals surface area contributed by atoms with Crippen molar-refractivity contribution < 1.29 is 22.7 Å². The number of nitrogens with zero attached hydrogens (tertiary/aromatic N) is 1. The summed E-state index contributed by atoms with van der Waals surface area (Å²) in [7, 11) is -2.26. The van der Waals surface area contributed by atoms with Crippen molar-refractivity contribution in [1.82, 2.24) is 10.2 Å². The van der Waals surface area contributed by atoms with E-state index in [0.29, 0.717) is 42.6 Å². The molecule has 0 saturated carbocycles. The number of benzene rings is 2. The quantitative estimate of drug-likeness (QED) is 0.563. The molecule has 2 N–H and O–H groups in total. The summed E-state index contributed by atoms with van der Waals surface area (Å²) in [6, 6.07) is 12.4. The Labute approximate surface area is 201 Å². The van der Waals surface area contributed by atoms with E-state index < -0.39 is 10.0 Å². The van der Waals surface area contributed by atoms with Crippen molar-refractivity contribution in [3.05, 3.63) is 54.1 Å². The van der Waals surface area contributed by atoms with Crippen LogP contribution in [0.25, 0.3) is 0 Å². The minimum atomic E-state index is -3.77. The Balaban J connectivity index is 1.60. The highest BCUT2D eigenvalue weighted by Crippen LogP contribution is 2.22. The number of sulfonamides is 1. The van der Waals surface area contributed by atoms with E-state index in [1.807, 2.05) is 0 Å². The third-order valence-corrected chi connectivity index (χ3v) is 7.25. The van der Waals surface area contributed by atoms with Crippen LogP contribution < -0.4 is 14.8 Å². The van der Waals surface area contributed by atoms with Gasteiger partial charge in [-0.15, -0.1) is 0 Å². The molecule has 1 atom stereocenters. The molecule has 3 rings (SSSR count). The second kappa shape index (κ2) is 11.4. The first kappa shape index (κ1) is 25.6. The van der Waals surface area contributed by atoms with Crippen LogP contribution in [0.3, 0.4) is 0 Å². The maximum atomic E-state index is 13.0. The summed E-state index contributed by atoms with van der Waals surface area (Å²) in [5.74, 6) is 0.717. The summed E-state index contributed by atoms with van der Waals surface area (Å²) in [4.78, 5) is 27.3. The molecule has 2 amide bonds. The van der Waals surface area contributed by atoms with Crippen molar-refractivity contribution in [2.24, 2.45) is 11.8 Å². The minimum Gasteiger partial charge on any atom is -0.497 e. The summed E-state index contributed by atoms with van der Waals surface area (Å²) >= 11 is 0. The molecule has 0 aromatic heterocycles. The maximum Gasteiger partial charge on any atom is 0.261 e. The monoisotopic (exact) mass is 487 g/mol. The average molecular weight is 488 g/mol. The Morgan fingerprint density at radius 1 is 1.09 bits per heavy atom. The molecule has 1 heterocycles. The zero-order chi connectivity index (χ0) is 24.7. The molecule has 1 saturated heterocycles. The van der Waals surface area contributed by atoms with Crippen LogP contribution in [0.4, 0.5) is 5.69 Å². The number of likely N-dealkylation sites (tertiary alicyclic amines) is 1. The van der Waals surface area contributed by atoms with Gasteiger partial charge in [-0.1, -0.05) is 13.8 Å². The lowest BCUT2D eigenvalue weighted by Gasteiger charge is -2.32. The van der Waals surface area contributed by atoms with Gasteiger partial charge in [-0.3, -0.25) is 14.3 Å². The van der Waals surface area contributed by atoms with Gasteiger partial charge in [0.2, 0.25) is 5.91 Å². The molecule has 9 heteroatoms. The van der Waals surface area contributed by atoms with Crippen LogP contribution in [0, 0.1) is 11.8 Å². The van der Waals surface area contributed by atoms with Crippen LogP contribution in [-0.2, 0) is 14.8 Å². The highest BCUT2D eigenvalue weighted by molar-refractivity contribution is 7.92. The van der Waals surface area contributed by atoms with Crippen LogP contribution in [0.2, 0.25) is 0 Å². The second-order valence-electron chi connectivity index (χ2n) is 8.92. The number of rotatable bonds is 9. The van der Waals surface area contributed by atoms with Crippen molar-refractivity contribution in [2.75, 3.05) is 31.5 Å². The van der Waals surface area contributed by atoms with E-state index in [1.165, 1.54) is 19.2 Å². The van der Waals surface area contributed by atoms with Crippen molar-refractivity contribution in [1.29, 1.82) is 0 Å². The van der Waals surface area contributed by atoms with Crippen LogP contribution in [0.15, 0.2) is 53.4 Å². The van der Waals surface area contributed by atoms with Gasteiger partial charge >= 0.3 is 0 Å².